The number of halogens is 3. The molecule has 0 amide bonds. The van der Waals surface area contributed by atoms with E-state index in [2.05, 4.69) is 15.4 Å². The molecule has 2 aromatic rings. The molecule has 2 heterocycles. The average Bonchev–Trinajstić information content (AvgIpc) is 2.81. The molecule has 0 saturated heterocycles. The molecule has 0 spiro atoms. The number of alkyl halides is 3. The van der Waals surface area contributed by atoms with Crippen molar-refractivity contribution < 1.29 is 13.2 Å². The summed E-state index contributed by atoms with van der Waals surface area (Å²) in [6.45, 7) is 5.42. The lowest BCUT2D eigenvalue weighted by Crippen LogP contribution is -2.33. The van der Waals surface area contributed by atoms with Gasteiger partial charge in [-0.2, -0.15) is 18.3 Å². The Kier molecular flexibility index (Phi) is 4.36. The van der Waals surface area contributed by atoms with Crippen molar-refractivity contribution in [3.63, 3.8) is 0 Å². The smallest absolute Gasteiger partial charge is 0.357 e. The molecule has 0 aliphatic rings. The highest BCUT2D eigenvalue weighted by molar-refractivity contribution is 5.69. The van der Waals surface area contributed by atoms with E-state index in [-0.39, 0.29) is 0 Å². The second-order valence-corrected chi connectivity index (χ2v) is 5.14. The number of aromatic nitrogens is 3. The third-order valence-electron chi connectivity index (χ3n) is 3.02. The zero-order valence-corrected chi connectivity index (χ0v) is 12.1. The van der Waals surface area contributed by atoms with Crippen LogP contribution < -0.4 is 10.2 Å². The standard InChI is InChI=1S/C13H18F3N5/c1-9(2)17-4-6-20(3)12-10-8-11(13(14,15)16)19-21(10)7-5-18-12/h5,7-9,17H,4,6H2,1-3H3. The van der Waals surface area contributed by atoms with Gasteiger partial charge in [0.15, 0.2) is 11.5 Å². The molecule has 21 heavy (non-hydrogen) atoms. The molecule has 0 aliphatic heterocycles. The van der Waals surface area contributed by atoms with Crippen LogP contribution in [0.25, 0.3) is 5.52 Å². The Labute approximate surface area is 120 Å². The molecule has 0 bridgehead atoms. The molecule has 1 N–H and O–H groups in total. The Morgan fingerprint density at radius 1 is 1.38 bits per heavy atom. The van der Waals surface area contributed by atoms with Crippen LogP contribution in [0.3, 0.4) is 0 Å². The Morgan fingerprint density at radius 3 is 2.71 bits per heavy atom. The quantitative estimate of drug-likeness (QED) is 0.919. The second kappa shape index (κ2) is 5.88. The van der Waals surface area contributed by atoms with E-state index in [9.17, 15) is 13.2 Å². The molecule has 0 fully saturated rings. The van der Waals surface area contributed by atoms with E-state index in [1.165, 1.54) is 16.9 Å². The van der Waals surface area contributed by atoms with E-state index in [4.69, 9.17) is 0 Å². The molecule has 116 valence electrons. The first-order valence-electron chi connectivity index (χ1n) is 6.65. The number of fused-ring (bicyclic) bond motifs is 1. The molecule has 2 rings (SSSR count). The van der Waals surface area contributed by atoms with E-state index in [1.807, 2.05) is 18.7 Å². The molecule has 0 aromatic carbocycles. The van der Waals surface area contributed by atoms with Crippen molar-refractivity contribution in [2.45, 2.75) is 26.1 Å². The van der Waals surface area contributed by atoms with E-state index in [0.717, 1.165) is 12.6 Å². The highest BCUT2D eigenvalue weighted by Gasteiger charge is 2.34. The van der Waals surface area contributed by atoms with Gasteiger partial charge in [0.2, 0.25) is 0 Å². The van der Waals surface area contributed by atoms with Crippen LogP contribution >= 0.6 is 0 Å². The van der Waals surface area contributed by atoms with Crippen molar-refractivity contribution in [3.8, 4) is 0 Å². The van der Waals surface area contributed by atoms with Gasteiger partial charge >= 0.3 is 6.18 Å². The summed E-state index contributed by atoms with van der Waals surface area (Å²) >= 11 is 0. The fourth-order valence-electron chi connectivity index (χ4n) is 1.97. The molecule has 0 radical (unpaired) electrons. The fraction of sp³-hybridized carbons (Fsp3) is 0.538. The molecular formula is C13H18F3N5. The molecular weight excluding hydrogens is 283 g/mol. The number of hydrogen-bond donors (Lipinski definition) is 1. The monoisotopic (exact) mass is 301 g/mol. The number of hydrogen-bond acceptors (Lipinski definition) is 4. The van der Waals surface area contributed by atoms with Crippen LogP contribution in [0.1, 0.15) is 19.5 Å². The lowest BCUT2D eigenvalue weighted by atomic mass is 10.3. The van der Waals surface area contributed by atoms with Gasteiger partial charge in [0.05, 0.1) is 0 Å². The van der Waals surface area contributed by atoms with Crippen molar-refractivity contribution in [2.75, 3.05) is 25.0 Å². The third kappa shape index (κ3) is 3.63. The molecule has 8 heteroatoms. The van der Waals surface area contributed by atoms with Gasteiger partial charge in [0, 0.05) is 44.6 Å². The van der Waals surface area contributed by atoms with Crippen LogP contribution in [-0.2, 0) is 6.18 Å². The summed E-state index contributed by atoms with van der Waals surface area (Å²) in [5, 5.41) is 6.80. The maximum Gasteiger partial charge on any atom is 0.435 e. The summed E-state index contributed by atoms with van der Waals surface area (Å²) < 4.78 is 39.4. The van der Waals surface area contributed by atoms with Gasteiger partial charge in [-0.25, -0.2) is 9.50 Å². The highest BCUT2D eigenvalue weighted by Crippen LogP contribution is 2.30. The number of anilines is 1. The van der Waals surface area contributed by atoms with Crippen molar-refractivity contribution in [1.82, 2.24) is 19.9 Å². The zero-order valence-electron chi connectivity index (χ0n) is 12.1. The van der Waals surface area contributed by atoms with E-state index < -0.39 is 11.9 Å². The van der Waals surface area contributed by atoms with Crippen molar-refractivity contribution in [1.29, 1.82) is 0 Å². The van der Waals surface area contributed by atoms with Gasteiger partial charge < -0.3 is 10.2 Å². The van der Waals surface area contributed by atoms with E-state index >= 15 is 0 Å². The minimum Gasteiger partial charge on any atom is -0.357 e. The van der Waals surface area contributed by atoms with Crippen LogP contribution in [0.4, 0.5) is 19.0 Å². The molecule has 0 aliphatic carbocycles. The Hall–Kier alpha value is -1.83. The second-order valence-electron chi connectivity index (χ2n) is 5.14. The average molecular weight is 301 g/mol. The lowest BCUT2D eigenvalue weighted by molar-refractivity contribution is -0.141. The number of nitrogens with zero attached hydrogens (tertiary/aromatic N) is 4. The summed E-state index contributed by atoms with van der Waals surface area (Å²) in [5.41, 5.74) is -0.567. The maximum absolute atomic E-state index is 12.7. The first kappa shape index (κ1) is 15.6. The first-order valence-corrected chi connectivity index (χ1v) is 6.65. The van der Waals surface area contributed by atoms with E-state index in [1.54, 1.807) is 7.05 Å². The number of nitrogens with one attached hydrogen (secondary N) is 1. The van der Waals surface area contributed by atoms with Crippen molar-refractivity contribution in [3.05, 3.63) is 24.2 Å². The lowest BCUT2D eigenvalue weighted by Gasteiger charge is -2.19. The SMILES string of the molecule is CC(C)NCCN(C)c1nccn2nc(C(F)(F)F)cc12. The predicted molar refractivity (Wildman–Crippen MR) is 74.4 cm³/mol. The van der Waals surface area contributed by atoms with Gasteiger partial charge in [0.1, 0.15) is 5.52 Å². The Bertz CT molecular complexity index is 605. The van der Waals surface area contributed by atoms with Crippen LogP contribution in [0.5, 0.6) is 0 Å². The fourth-order valence-corrected chi connectivity index (χ4v) is 1.97. The topological polar surface area (TPSA) is 45.5 Å². The number of likely N-dealkylation sites (N-methyl/N-ethyl adjacent to an activating group) is 1. The third-order valence-corrected chi connectivity index (χ3v) is 3.02. The minimum absolute atomic E-state index is 0.344. The van der Waals surface area contributed by atoms with Crippen molar-refractivity contribution in [2.24, 2.45) is 0 Å². The zero-order chi connectivity index (χ0) is 15.6. The minimum atomic E-state index is -4.46. The van der Waals surface area contributed by atoms with Crippen LogP contribution in [0, 0.1) is 0 Å². The van der Waals surface area contributed by atoms with Crippen LogP contribution in [0.2, 0.25) is 0 Å². The van der Waals surface area contributed by atoms with Crippen LogP contribution in [-0.4, -0.2) is 40.8 Å². The maximum atomic E-state index is 12.7. The first-order chi connectivity index (χ1) is 9.79. The molecule has 0 atom stereocenters. The van der Waals surface area contributed by atoms with Gasteiger partial charge in [-0.15, -0.1) is 0 Å². The molecule has 0 unspecified atom stereocenters. The Balaban J connectivity index is 2.25. The summed E-state index contributed by atoms with van der Waals surface area (Å²) in [6, 6.07) is 1.38. The number of rotatable bonds is 5. The normalized spacial score (nSPS) is 12.3. The summed E-state index contributed by atoms with van der Waals surface area (Å²) in [5.74, 6) is 0.478. The largest absolute Gasteiger partial charge is 0.435 e. The van der Waals surface area contributed by atoms with Gasteiger partial charge in [-0.05, 0) is 0 Å². The highest BCUT2D eigenvalue weighted by atomic mass is 19.4. The summed E-state index contributed by atoms with van der Waals surface area (Å²) in [7, 11) is 1.80. The van der Waals surface area contributed by atoms with Crippen molar-refractivity contribution >= 4 is 11.3 Å². The molecule has 0 saturated carbocycles. The Morgan fingerprint density at radius 2 is 2.10 bits per heavy atom. The van der Waals surface area contributed by atoms with Crippen LogP contribution in [0.15, 0.2) is 18.5 Å². The van der Waals surface area contributed by atoms with Gasteiger partial charge in [-0.3, -0.25) is 0 Å². The predicted octanol–water partition coefficient (Wildman–Crippen LogP) is 2.18. The molecule has 2 aromatic heterocycles. The molecule has 5 nitrogen and oxygen atoms in total. The summed E-state index contributed by atoms with van der Waals surface area (Å²) in [4.78, 5) is 5.98. The summed E-state index contributed by atoms with van der Waals surface area (Å²) in [6.07, 6.45) is -1.60. The van der Waals surface area contributed by atoms with Gasteiger partial charge in [0.25, 0.3) is 0 Å². The van der Waals surface area contributed by atoms with E-state index in [0.29, 0.717) is 23.9 Å². The van der Waals surface area contributed by atoms with Gasteiger partial charge in [-0.1, -0.05) is 13.8 Å².